The molecule has 1 nitrogen and oxygen atoms in total. The molecule has 2 heteroatoms. The Morgan fingerprint density at radius 1 is 0.417 bits per heavy atom. The van der Waals surface area contributed by atoms with Crippen LogP contribution in [0, 0.1) is 0 Å². The predicted molar refractivity (Wildman–Crippen MR) is 155 cm³/mol. The molecule has 0 saturated heterocycles. The van der Waals surface area contributed by atoms with Gasteiger partial charge < -0.3 is 4.57 Å². The van der Waals surface area contributed by atoms with Crippen LogP contribution in [0.15, 0.2) is 140 Å². The highest BCUT2D eigenvalue weighted by Gasteiger charge is 2.24. The summed E-state index contributed by atoms with van der Waals surface area (Å²) in [7, 11) is 0. The number of rotatable bonds is 4. The molecule has 170 valence electrons. The van der Waals surface area contributed by atoms with Crippen LogP contribution < -0.4 is 0 Å². The summed E-state index contributed by atoms with van der Waals surface area (Å²) >= 11 is 1.90. The normalized spacial score (nSPS) is 11.3. The lowest BCUT2D eigenvalue weighted by Crippen LogP contribution is -1.97. The van der Waals surface area contributed by atoms with Crippen molar-refractivity contribution in [3.63, 3.8) is 0 Å². The Morgan fingerprint density at radius 3 is 1.58 bits per heavy atom. The number of aromatic nitrogens is 1. The molecule has 2 heterocycles. The standard InChI is InChI=1S/C34H23NS/c1-4-14-24(15-5-1)32-31(29-22-12-13-23-30(29)35(32)26-18-8-3-9-19-26)34-28-21-11-10-20-27(28)33(36-34)25-16-6-2-7-17-25/h1-23H. The lowest BCUT2D eigenvalue weighted by molar-refractivity contribution is 1.14. The predicted octanol–water partition coefficient (Wildman–Crippen LogP) is 9.85. The first kappa shape index (κ1) is 20.9. The molecule has 0 bridgehead atoms. The van der Waals surface area contributed by atoms with E-state index in [0.717, 1.165) is 0 Å². The van der Waals surface area contributed by atoms with Crippen molar-refractivity contribution < 1.29 is 0 Å². The molecule has 0 fully saturated rings. The van der Waals surface area contributed by atoms with Crippen molar-refractivity contribution in [2.24, 2.45) is 0 Å². The van der Waals surface area contributed by atoms with Crippen molar-refractivity contribution in [2.45, 2.75) is 0 Å². The van der Waals surface area contributed by atoms with Crippen molar-refractivity contribution in [3.05, 3.63) is 140 Å². The van der Waals surface area contributed by atoms with E-state index in [-0.39, 0.29) is 0 Å². The SMILES string of the molecule is c1ccc(-c2sc(-c3c(-c4ccccc4)n(-c4ccccc4)c4ccccc34)c3ccccc23)cc1. The van der Waals surface area contributed by atoms with E-state index in [1.807, 2.05) is 11.3 Å². The van der Waals surface area contributed by atoms with Gasteiger partial charge >= 0.3 is 0 Å². The van der Waals surface area contributed by atoms with Crippen LogP contribution in [0.2, 0.25) is 0 Å². The number of hydrogen-bond acceptors (Lipinski definition) is 1. The Bertz CT molecular complexity index is 1810. The largest absolute Gasteiger partial charge is 0.309 e. The molecule has 0 radical (unpaired) electrons. The maximum absolute atomic E-state index is 2.43. The maximum atomic E-state index is 2.43. The highest BCUT2D eigenvalue weighted by molar-refractivity contribution is 7.21. The highest BCUT2D eigenvalue weighted by atomic mass is 32.1. The van der Waals surface area contributed by atoms with E-state index in [0.29, 0.717) is 0 Å². The zero-order valence-corrected chi connectivity index (χ0v) is 20.5. The molecule has 0 spiro atoms. The van der Waals surface area contributed by atoms with Crippen molar-refractivity contribution >= 4 is 33.0 Å². The monoisotopic (exact) mass is 477 g/mol. The molecule has 0 unspecified atom stereocenters. The minimum absolute atomic E-state index is 1.17. The van der Waals surface area contributed by atoms with E-state index in [1.54, 1.807) is 0 Å². The van der Waals surface area contributed by atoms with E-state index in [2.05, 4.69) is 144 Å². The van der Waals surface area contributed by atoms with Gasteiger partial charge in [0.2, 0.25) is 0 Å². The number of para-hydroxylation sites is 2. The smallest absolute Gasteiger partial charge is 0.0627 e. The van der Waals surface area contributed by atoms with Crippen LogP contribution >= 0.6 is 11.3 Å². The number of fused-ring (bicyclic) bond motifs is 2. The van der Waals surface area contributed by atoms with E-state index in [1.165, 1.54) is 59.5 Å². The Hall–Kier alpha value is -4.40. The summed E-state index contributed by atoms with van der Waals surface area (Å²) < 4.78 is 2.43. The first-order chi connectivity index (χ1) is 17.9. The van der Waals surface area contributed by atoms with Gasteiger partial charge in [0.25, 0.3) is 0 Å². The fourth-order valence-corrected chi connectivity index (χ4v) is 6.61. The van der Waals surface area contributed by atoms with E-state index in [9.17, 15) is 0 Å². The molecule has 7 aromatic rings. The topological polar surface area (TPSA) is 4.93 Å². The number of thiophene rings is 1. The van der Waals surface area contributed by atoms with E-state index >= 15 is 0 Å². The summed E-state index contributed by atoms with van der Waals surface area (Å²) in [5, 5.41) is 3.88. The summed E-state index contributed by atoms with van der Waals surface area (Å²) in [6.45, 7) is 0. The van der Waals surface area contributed by atoms with Gasteiger partial charge in [-0.05, 0) is 29.3 Å². The third-order valence-electron chi connectivity index (χ3n) is 6.82. The molecule has 0 aliphatic heterocycles. The summed E-state index contributed by atoms with van der Waals surface area (Å²) in [6.07, 6.45) is 0. The van der Waals surface area contributed by atoms with Gasteiger partial charge in [0.05, 0.1) is 11.2 Å². The molecule has 7 rings (SSSR count). The van der Waals surface area contributed by atoms with Crippen molar-refractivity contribution in [1.29, 1.82) is 0 Å². The second-order valence-corrected chi connectivity index (χ2v) is 9.97. The molecule has 0 amide bonds. The van der Waals surface area contributed by atoms with Crippen molar-refractivity contribution in [1.82, 2.24) is 4.57 Å². The molecule has 36 heavy (non-hydrogen) atoms. The van der Waals surface area contributed by atoms with Crippen LogP contribution in [0.5, 0.6) is 0 Å². The van der Waals surface area contributed by atoms with E-state index < -0.39 is 0 Å². The number of benzene rings is 5. The molecule has 0 aliphatic carbocycles. The fourth-order valence-electron chi connectivity index (χ4n) is 5.27. The molecule has 0 aliphatic rings. The second kappa shape index (κ2) is 8.67. The molecular weight excluding hydrogens is 454 g/mol. The average Bonchev–Trinajstić information content (AvgIpc) is 3.51. The zero-order valence-electron chi connectivity index (χ0n) is 19.6. The highest BCUT2D eigenvalue weighted by Crippen LogP contribution is 2.50. The quantitative estimate of drug-likeness (QED) is 0.238. The Morgan fingerprint density at radius 2 is 0.917 bits per heavy atom. The Balaban J connectivity index is 1.65. The van der Waals surface area contributed by atoms with Crippen LogP contribution in [-0.4, -0.2) is 4.57 Å². The molecular formula is C34H23NS. The van der Waals surface area contributed by atoms with Crippen LogP contribution in [0.4, 0.5) is 0 Å². The minimum Gasteiger partial charge on any atom is -0.309 e. The van der Waals surface area contributed by atoms with Gasteiger partial charge in [-0.1, -0.05) is 121 Å². The van der Waals surface area contributed by atoms with Crippen molar-refractivity contribution in [2.75, 3.05) is 0 Å². The van der Waals surface area contributed by atoms with Gasteiger partial charge in [0.1, 0.15) is 0 Å². The van der Waals surface area contributed by atoms with Crippen LogP contribution in [-0.2, 0) is 0 Å². The second-order valence-electron chi connectivity index (χ2n) is 8.95. The maximum Gasteiger partial charge on any atom is 0.0627 e. The third kappa shape index (κ3) is 3.30. The lowest BCUT2D eigenvalue weighted by Gasteiger charge is -2.13. The molecule has 5 aromatic carbocycles. The Kier molecular flexibility index (Phi) is 5.04. The van der Waals surface area contributed by atoms with Crippen LogP contribution in [0.25, 0.3) is 59.5 Å². The molecule has 0 saturated carbocycles. The lowest BCUT2D eigenvalue weighted by atomic mass is 10.00. The van der Waals surface area contributed by atoms with Gasteiger partial charge in [-0.2, -0.15) is 0 Å². The Labute approximate surface area is 214 Å². The molecule has 0 atom stereocenters. The number of hydrogen-bond donors (Lipinski definition) is 0. The van der Waals surface area contributed by atoms with Gasteiger partial charge in [-0.3, -0.25) is 0 Å². The van der Waals surface area contributed by atoms with Crippen molar-refractivity contribution in [3.8, 4) is 37.8 Å². The van der Waals surface area contributed by atoms with Gasteiger partial charge in [-0.25, -0.2) is 0 Å². The summed E-state index contributed by atoms with van der Waals surface area (Å²) in [5.41, 5.74) is 7.39. The first-order valence-corrected chi connectivity index (χ1v) is 13.0. The van der Waals surface area contributed by atoms with Gasteiger partial charge in [-0.15, -0.1) is 11.3 Å². The van der Waals surface area contributed by atoms with Gasteiger partial charge in [0.15, 0.2) is 0 Å². The van der Waals surface area contributed by atoms with Crippen LogP contribution in [0.1, 0.15) is 0 Å². The molecule has 0 N–H and O–H groups in total. The zero-order chi connectivity index (χ0) is 23.9. The van der Waals surface area contributed by atoms with Crippen LogP contribution in [0.3, 0.4) is 0 Å². The molecule has 2 aromatic heterocycles. The fraction of sp³-hybridized carbons (Fsp3) is 0. The first-order valence-electron chi connectivity index (χ1n) is 12.2. The van der Waals surface area contributed by atoms with Gasteiger partial charge in [0, 0.05) is 37.2 Å². The van der Waals surface area contributed by atoms with E-state index in [4.69, 9.17) is 0 Å². The summed E-state index contributed by atoms with van der Waals surface area (Å²) in [4.78, 5) is 2.63. The number of nitrogens with zero attached hydrogens (tertiary/aromatic N) is 1. The summed E-state index contributed by atoms with van der Waals surface area (Å²) in [5.74, 6) is 0. The average molecular weight is 478 g/mol. The summed E-state index contributed by atoms with van der Waals surface area (Å²) in [6, 6.07) is 49.9. The third-order valence-corrected chi connectivity index (χ3v) is 8.11. The minimum atomic E-state index is 1.17.